The maximum absolute atomic E-state index is 12.1. The fourth-order valence-corrected chi connectivity index (χ4v) is 1.96. The molecule has 0 aliphatic rings. The molecule has 0 bridgehead atoms. The van der Waals surface area contributed by atoms with Crippen LogP contribution in [0.4, 0.5) is 19.1 Å². The zero-order valence-corrected chi connectivity index (χ0v) is 10.1. The van der Waals surface area contributed by atoms with Gasteiger partial charge in [-0.3, -0.25) is 0 Å². The van der Waals surface area contributed by atoms with Crippen LogP contribution >= 0.6 is 11.6 Å². The molecule has 0 spiro atoms. The van der Waals surface area contributed by atoms with E-state index in [0.29, 0.717) is 16.1 Å². The molecule has 7 heteroatoms. The van der Waals surface area contributed by atoms with Crippen LogP contribution in [0.1, 0.15) is 12.8 Å². The zero-order chi connectivity index (χ0) is 13.3. The first kappa shape index (κ1) is 13.0. The molecule has 98 valence electrons. The number of fused-ring (bicyclic) bond motifs is 1. The van der Waals surface area contributed by atoms with Crippen LogP contribution < -0.4 is 5.73 Å². The van der Waals surface area contributed by atoms with E-state index in [0.717, 1.165) is 0 Å². The van der Waals surface area contributed by atoms with Gasteiger partial charge in [-0.25, -0.2) is 4.98 Å². The second kappa shape index (κ2) is 4.68. The van der Waals surface area contributed by atoms with E-state index >= 15 is 0 Å². The van der Waals surface area contributed by atoms with Crippen LogP contribution in [0.3, 0.4) is 0 Å². The normalized spacial score (nSPS) is 12.2. The maximum Gasteiger partial charge on any atom is 0.389 e. The quantitative estimate of drug-likeness (QED) is 0.931. The summed E-state index contributed by atoms with van der Waals surface area (Å²) < 4.78 is 37.8. The third-order valence-electron chi connectivity index (χ3n) is 2.58. The Hall–Kier alpha value is -1.43. The summed E-state index contributed by atoms with van der Waals surface area (Å²) in [6.07, 6.45) is -5.00. The summed E-state index contributed by atoms with van der Waals surface area (Å²) in [5.41, 5.74) is 6.96. The van der Waals surface area contributed by atoms with Gasteiger partial charge in [-0.2, -0.15) is 13.2 Å². The van der Waals surface area contributed by atoms with Gasteiger partial charge < -0.3 is 10.3 Å². The van der Waals surface area contributed by atoms with Gasteiger partial charge in [0.25, 0.3) is 0 Å². The first-order chi connectivity index (χ1) is 8.37. The van der Waals surface area contributed by atoms with Crippen molar-refractivity contribution in [1.29, 1.82) is 0 Å². The number of nitrogens with two attached hydrogens (primary N) is 1. The van der Waals surface area contributed by atoms with E-state index in [1.54, 1.807) is 22.8 Å². The molecule has 0 radical (unpaired) electrons. The molecule has 0 amide bonds. The number of aromatic nitrogens is 2. The van der Waals surface area contributed by atoms with Crippen LogP contribution in [0, 0.1) is 0 Å². The monoisotopic (exact) mass is 277 g/mol. The number of rotatable bonds is 3. The molecular formula is C11H11ClF3N3. The minimum Gasteiger partial charge on any atom is -0.369 e. The van der Waals surface area contributed by atoms with E-state index in [4.69, 9.17) is 17.3 Å². The Bertz CT molecular complexity index is 562. The lowest BCUT2D eigenvalue weighted by atomic mass is 10.3. The van der Waals surface area contributed by atoms with E-state index in [1.807, 2.05) is 0 Å². The van der Waals surface area contributed by atoms with Gasteiger partial charge in [0.2, 0.25) is 5.95 Å². The number of imidazole rings is 1. The standard InChI is InChI=1S/C11H11ClF3N3/c12-7-2-3-9-8(6-7)17-10(16)18(9)5-1-4-11(13,14)15/h2-3,6H,1,4-5H2,(H2,16,17). The predicted octanol–water partition coefficient (Wildman–Crippen LogP) is 3.61. The van der Waals surface area contributed by atoms with Crippen molar-refractivity contribution in [2.75, 3.05) is 5.73 Å². The van der Waals surface area contributed by atoms with Gasteiger partial charge in [-0.05, 0) is 24.6 Å². The summed E-state index contributed by atoms with van der Waals surface area (Å²) in [7, 11) is 0. The molecule has 0 aliphatic carbocycles. The van der Waals surface area contributed by atoms with Gasteiger partial charge in [0.05, 0.1) is 11.0 Å². The molecule has 2 N–H and O–H groups in total. The second-order valence-electron chi connectivity index (χ2n) is 3.97. The molecule has 1 heterocycles. The fourth-order valence-electron chi connectivity index (χ4n) is 1.79. The Kier molecular flexibility index (Phi) is 3.38. The Morgan fingerprint density at radius 3 is 2.72 bits per heavy atom. The number of nitrogen functional groups attached to an aromatic ring is 1. The summed E-state index contributed by atoms with van der Waals surface area (Å²) in [5, 5.41) is 0.516. The number of anilines is 1. The molecule has 1 aromatic carbocycles. The highest BCUT2D eigenvalue weighted by Crippen LogP contribution is 2.25. The Balaban J connectivity index is 2.20. The van der Waals surface area contributed by atoms with Gasteiger partial charge in [0, 0.05) is 18.0 Å². The lowest BCUT2D eigenvalue weighted by Crippen LogP contribution is -2.10. The molecule has 0 saturated carbocycles. The predicted molar refractivity (Wildman–Crippen MR) is 64.4 cm³/mol. The van der Waals surface area contributed by atoms with Gasteiger partial charge in [0.1, 0.15) is 0 Å². The molecule has 0 aliphatic heterocycles. The average molecular weight is 278 g/mol. The van der Waals surface area contributed by atoms with Crippen molar-refractivity contribution in [3.05, 3.63) is 23.2 Å². The van der Waals surface area contributed by atoms with E-state index in [-0.39, 0.29) is 18.9 Å². The molecule has 0 unspecified atom stereocenters. The fraction of sp³-hybridized carbons (Fsp3) is 0.364. The molecule has 0 fully saturated rings. The Morgan fingerprint density at radius 1 is 1.33 bits per heavy atom. The average Bonchev–Trinajstić information content (AvgIpc) is 2.52. The molecule has 3 nitrogen and oxygen atoms in total. The largest absolute Gasteiger partial charge is 0.389 e. The molecule has 0 saturated heterocycles. The van der Waals surface area contributed by atoms with Gasteiger partial charge in [-0.1, -0.05) is 11.6 Å². The summed E-state index contributed by atoms with van der Waals surface area (Å²) >= 11 is 5.81. The van der Waals surface area contributed by atoms with Crippen molar-refractivity contribution < 1.29 is 13.2 Å². The van der Waals surface area contributed by atoms with E-state index in [1.165, 1.54) is 0 Å². The summed E-state index contributed by atoms with van der Waals surface area (Å²) in [6.45, 7) is 0.184. The van der Waals surface area contributed by atoms with Crippen molar-refractivity contribution in [1.82, 2.24) is 9.55 Å². The molecule has 2 rings (SSSR count). The summed E-state index contributed by atoms with van der Waals surface area (Å²) in [6, 6.07) is 4.99. The van der Waals surface area contributed by atoms with Crippen LogP contribution in [0.15, 0.2) is 18.2 Å². The first-order valence-electron chi connectivity index (χ1n) is 5.35. The van der Waals surface area contributed by atoms with Crippen molar-refractivity contribution >= 4 is 28.6 Å². The SMILES string of the molecule is Nc1nc2cc(Cl)ccc2n1CCCC(F)(F)F. The van der Waals surface area contributed by atoms with Crippen LogP contribution in [-0.2, 0) is 6.54 Å². The van der Waals surface area contributed by atoms with Crippen LogP contribution in [0.2, 0.25) is 5.02 Å². The highest BCUT2D eigenvalue weighted by Gasteiger charge is 2.26. The Morgan fingerprint density at radius 2 is 2.06 bits per heavy atom. The molecule has 0 atom stereocenters. The minimum absolute atomic E-state index is 0.0260. The van der Waals surface area contributed by atoms with Crippen molar-refractivity contribution in [2.45, 2.75) is 25.6 Å². The lowest BCUT2D eigenvalue weighted by Gasteiger charge is -2.08. The smallest absolute Gasteiger partial charge is 0.369 e. The molecule has 18 heavy (non-hydrogen) atoms. The highest BCUT2D eigenvalue weighted by molar-refractivity contribution is 6.31. The summed E-state index contributed by atoms with van der Waals surface area (Å²) in [4.78, 5) is 4.06. The van der Waals surface area contributed by atoms with Gasteiger partial charge in [-0.15, -0.1) is 0 Å². The van der Waals surface area contributed by atoms with Crippen LogP contribution in [0.25, 0.3) is 11.0 Å². The van der Waals surface area contributed by atoms with Crippen LogP contribution in [0.5, 0.6) is 0 Å². The Labute approximate surface area is 106 Å². The minimum atomic E-state index is -4.14. The van der Waals surface area contributed by atoms with Gasteiger partial charge >= 0.3 is 6.18 Å². The number of benzene rings is 1. The number of alkyl halides is 3. The first-order valence-corrected chi connectivity index (χ1v) is 5.72. The van der Waals surface area contributed by atoms with E-state index in [9.17, 15) is 13.2 Å². The number of hydrogen-bond donors (Lipinski definition) is 1. The van der Waals surface area contributed by atoms with Crippen LogP contribution in [-0.4, -0.2) is 15.7 Å². The highest BCUT2D eigenvalue weighted by atomic mass is 35.5. The third-order valence-corrected chi connectivity index (χ3v) is 2.82. The van der Waals surface area contributed by atoms with Crippen molar-refractivity contribution in [3.8, 4) is 0 Å². The third kappa shape index (κ3) is 2.87. The van der Waals surface area contributed by atoms with Crippen molar-refractivity contribution in [2.24, 2.45) is 0 Å². The number of aryl methyl sites for hydroxylation is 1. The second-order valence-corrected chi connectivity index (χ2v) is 4.41. The topological polar surface area (TPSA) is 43.8 Å². The van der Waals surface area contributed by atoms with E-state index in [2.05, 4.69) is 4.98 Å². The maximum atomic E-state index is 12.1. The van der Waals surface area contributed by atoms with Gasteiger partial charge in [0.15, 0.2) is 0 Å². The summed E-state index contributed by atoms with van der Waals surface area (Å²) in [5.74, 6) is 0.203. The van der Waals surface area contributed by atoms with Crippen molar-refractivity contribution in [3.63, 3.8) is 0 Å². The molecule has 2 aromatic rings. The molecule has 1 aromatic heterocycles. The number of halogens is 4. The zero-order valence-electron chi connectivity index (χ0n) is 9.34. The number of nitrogens with zero attached hydrogens (tertiary/aromatic N) is 2. The number of hydrogen-bond acceptors (Lipinski definition) is 2. The lowest BCUT2D eigenvalue weighted by molar-refractivity contribution is -0.135. The van der Waals surface area contributed by atoms with E-state index < -0.39 is 12.6 Å². The molecular weight excluding hydrogens is 267 g/mol.